The molecule has 0 saturated carbocycles. The van der Waals surface area contributed by atoms with Crippen molar-refractivity contribution >= 4 is 38.5 Å². The first-order valence-corrected chi connectivity index (χ1v) is 6.43. The summed E-state index contributed by atoms with van der Waals surface area (Å²) >= 11 is 3.29. The molecule has 1 heterocycles. The number of nitrogens with zero attached hydrogens (tertiary/aromatic N) is 1. The Bertz CT molecular complexity index is 650. The Hall–Kier alpha value is -1.89. The van der Waals surface area contributed by atoms with Crippen LogP contribution in [0.15, 0.2) is 22.8 Å². The lowest BCUT2D eigenvalue weighted by Crippen LogP contribution is -2.07. The molecule has 1 aromatic heterocycles. The molecule has 0 amide bonds. The zero-order chi connectivity index (χ0) is 14.0. The molecule has 0 spiro atoms. The van der Waals surface area contributed by atoms with E-state index >= 15 is 0 Å². The third kappa shape index (κ3) is 2.60. The maximum Gasteiger partial charge on any atom is 0.310 e. The van der Waals surface area contributed by atoms with Gasteiger partial charge < -0.3 is 9.72 Å². The van der Waals surface area contributed by atoms with Crippen LogP contribution in [0.2, 0.25) is 0 Å². The van der Waals surface area contributed by atoms with Gasteiger partial charge in [0.1, 0.15) is 0 Å². The summed E-state index contributed by atoms with van der Waals surface area (Å²) in [5, 5.41) is 11.5. The van der Waals surface area contributed by atoms with E-state index in [0.717, 1.165) is 0 Å². The lowest BCUT2D eigenvalue weighted by molar-refractivity contribution is -0.383. The fraction of sp³-hybridized carbons (Fsp3) is 0.250. The topological polar surface area (TPSA) is 85.2 Å². The maximum atomic E-state index is 11.6. The molecule has 1 aromatic carbocycles. The minimum atomic E-state index is -0.461. The Balaban J connectivity index is 2.56. The minimum absolute atomic E-state index is 0.0146. The molecule has 0 unspecified atom stereocenters. The second kappa shape index (κ2) is 5.40. The number of benzene rings is 1. The summed E-state index contributed by atoms with van der Waals surface area (Å²) in [5.41, 5.74) is 1.12. The number of aromatic amines is 1. The Morgan fingerprint density at radius 3 is 2.89 bits per heavy atom. The number of H-pyrrole nitrogens is 1. The van der Waals surface area contributed by atoms with Crippen molar-refractivity contribution in [3.05, 3.63) is 38.5 Å². The van der Waals surface area contributed by atoms with Crippen molar-refractivity contribution in [2.24, 2.45) is 0 Å². The molecule has 0 atom stereocenters. The summed E-state index contributed by atoms with van der Waals surface area (Å²) in [6.07, 6.45) is -0.0146. The van der Waals surface area contributed by atoms with Crippen molar-refractivity contribution in [3.8, 4) is 0 Å². The Kier molecular flexibility index (Phi) is 3.84. The molecule has 0 aliphatic rings. The lowest BCUT2D eigenvalue weighted by Gasteiger charge is -2.02. The first-order valence-electron chi connectivity index (χ1n) is 5.63. The number of esters is 1. The van der Waals surface area contributed by atoms with Crippen LogP contribution in [0.25, 0.3) is 10.9 Å². The smallest absolute Gasteiger partial charge is 0.310 e. The summed E-state index contributed by atoms with van der Waals surface area (Å²) in [5.74, 6) is -0.415. The number of nitro groups is 1. The van der Waals surface area contributed by atoms with Crippen LogP contribution in [-0.4, -0.2) is 22.5 Å². The minimum Gasteiger partial charge on any atom is -0.466 e. The number of fused-ring (bicyclic) bond motifs is 1. The molecule has 2 rings (SSSR count). The number of nitrogens with one attached hydrogen (secondary N) is 1. The highest BCUT2D eigenvalue weighted by Gasteiger charge is 2.21. The molecule has 0 saturated heterocycles. The van der Waals surface area contributed by atoms with Crippen LogP contribution in [0.5, 0.6) is 0 Å². The normalized spacial score (nSPS) is 10.6. The van der Waals surface area contributed by atoms with Gasteiger partial charge in [0.2, 0.25) is 0 Å². The maximum absolute atomic E-state index is 11.6. The van der Waals surface area contributed by atoms with Gasteiger partial charge in [0.25, 0.3) is 5.69 Å². The van der Waals surface area contributed by atoms with Crippen LogP contribution in [0.3, 0.4) is 0 Å². The van der Waals surface area contributed by atoms with E-state index in [1.807, 2.05) is 0 Å². The SMILES string of the molecule is CCOC(=O)Cc1c(Br)[nH]c2cccc([N+](=O)[O-])c12. The van der Waals surface area contributed by atoms with E-state index in [9.17, 15) is 14.9 Å². The molecule has 0 radical (unpaired) electrons. The van der Waals surface area contributed by atoms with Crippen molar-refractivity contribution in [3.63, 3.8) is 0 Å². The highest BCUT2D eigenvalue weighted by atomic mass is 79.9. The number of halogens is 1. The average molecular weight is 327 g/mol. The largest absolute Gasteiger partial charge is 0.466 e. The molecular weight excluding hydrogens is 316 g/mol. The third-order valence-electron chi connectivity index (χ3n) is 2.68. The van der Waals surface area contributed by atoms with Crippen molar-refractivity contribution in [1.29, 1.82) is 0 Å². The molecule has 2 aromatic rings. The number of carbonyl (C=O) groups excluding carboxylic acids is 1. The predicted octanol–water partition coefficient (Wildman–Crippen LogP) is 2.94. The average Bonchev–Trinajstić information content (AvgIpc) is 2.66. The van der Waals surface area contributed by atoms with Crippen molar-refractivity contribution in [2.45, 2.75) is 13.3 Å². The number of rotatable bonds is 4. The number of aromatic nitrogens is 1. The number of non-ortho nitro benzene ring substituents is 1. The molecule has 0 aliphatic heterocycles. The van der Waals surface area contributed by atoms with E-state index < -0.39 is 10.9 Å². The van der Waals surface area contributed by atoms with Gasteiger partial charge in [-0.25, -0.2) is 0 Å². The van der Waals surface area contributed by atoms with Crippen molar-refractivity contribution in [2.75, 3.05) is 6.61 Å². The van der Waals surface area contributed by atoms with Gasteiger partial charge in [0.15, 0.2) is 0 Å². The predicted molar refractivity (Wildman–Crippen MR) is 73.0 cm³/mol. The Morgan fingerprint density at radius 2 is 2.26 bits per heavy atom. The summed E-state index contributed by atoms with van der Waals surface area (Å²) in [4.78, 5) is 25.1. The fourth-order valence-electron chi connectivity index (χ4n) is 1.94. The van der Waals surface area contributed by atoms with E-state index in [1.54, 1.807) is 19.1 Å². The van der Waals surface area contributed by atoms with E-state index in [0.29, 0.717) is 21.1 Å². The van der Waals surface area contributed by atoms with Crippen LogP contribution in [0.4, 0.5) is 5.69 Å². The van der Waals surface area contributed by atoms with Gasteiger partial charge in [-0.3, -0.25) is 14.9 Å². The molecule has 19 heavy (non-hydrogen) atoms. The van der Waals surface area contributed by atoms with Crippen LogP contribution in [0, 0.1) is 10.1 Å². The third-order valence-corrected chi connectivity index (χ3v) is 3.35. The number of nitro benzene ring substituents is 1. The zero-order valence-corrected chi connectivity index (χ0v) is 11.7. The highest BCUT2D eigenvalue weighted by Crippen LogP contribution is 2.33. The van der Waals surface area contributed by atoms with Crippen LogP contribution in [0.1, 0.15) is 12.5 Å². The molecule has 0 aliphatic carbocycles. The van der Waals surface area contributed by atoms with Crippen LogP contribution < -0.4 is 0 Å². The summed E-state index contributed by atoms with van der Waals surface area (Å²) in [6, 6.07) is 4.73. The number of hydrogen-bond acceptors (Lipinski definition) is 4. The second-order valence-electron chi connectivity index (χ2n) is 3.86. The van der Waals surface area contributed by atoms with Gasteiger partial charge >= 0.3 is 5.97 Å². The fourth-order valence-corrected chi connectivity index (χ4v) is 2.49. The Labute approximate surface area is 117 Å². The molecule has 100 valence electrons. The monoisotopic (exact) mass is 326 g/mol. The number of carbonyl (C=O) groups is 1. The number of ether oxygens (including phenoxy) is 1. The van der Waals surface area contributed by atoms with Crippen LogP contribution >= 0.6 is 15.9 Å². The molecule has 1 N–H and O–H groups in total. The first kappa shape index (κ1) is 13.5. The van der Waals surface area contributed by atoms with E-state index in [2.05, 4.69) is 20.9 Å². The molecule has 0 bridgehead atoms. The standard InChI is InChI=1S/C12H11BrN2O4/c1-2-19-10(16)6-7-11-8(14-12(7)13)4-3-5-9(11)15(17)18/h3-5,14H,2,6H2,1H3. The quantitative estimate of drug-likeness (QED) is 0.531. The summed E-state index contributed by atoms with van der Waals surface area (Å²) in [7, 11) is 0. The van der Waals surface area contributed by atoms with Gasteiger partial charge in [-0.15, -0.1) is 0 Å². The van der Waals surface area contributed by atoms with Gasteiger partial charge in [0, 0.05) is 11.6 Å². The summed E-state index contributed by atoms with van der Waals surface area (Å²) < 4.78 is 5.44. The van der Waals surface area contributed by atoms with Crippen molar-refractivity contribution in [1.82, 2.24) is 4.98 Å². The molecule has 7 heteroatoms. The van der Waals surface area contributed by atoms with Gasteiger partial charge in [-0.2, -0.15) is 0 Å². The molecule has 6 nitrogen and oxygen atoms in total. The van der Waals surface area contributed by atoms with Gasteiger partial charge in [-0.1, -0.05) is 6.07 Å². The van der Waals surface area contributed by atoms with Crippen LogP contribution in [-0.2, 0) is 16.0 Å². The zero-order valence-electron chi connectivity index (χ0n) is 10.1. The second-order valence-corrected chi connectivity index (χ2v) is 4.65. The van der Waals surface area contributed by atoms with Gasteiger partial charge in [0.05, 0.1) is 33.5 Å². The Morgan fingerprint density at radius 1 is 1.53 bits per heavy atom. The van der Waals surface area contributed by atoms with E-state index in [4.69, 9.17) is 4.74 Å². The lowest BCUT2D eigenvalue weighted by atomic mass is 10.1. The van der Waals surface area contributed by atoms with Gasteiger partial charge in [-0.05, 0) is 28.9 Å². The molecular formula is C12H11BrN2O4. The van der Waals surface area contributed by atoms with E-state index in [1.165, 1.54) is 6.07 Å². The molecule has 0 fully saturated rings. The number of hydrogen-bond donors (Lipinski definition) is 1. The van der Waals surface area contributed by atoms with E-state index in [-0.39, 0.29) is 18.7 Å². The highest BCUT2D eigenvalue weighted by molar-refractivity contribution is 9.10. The summed E-state index contributed by atoms with van der Waals surface area (Å²) in [6.45, 7) is 1.99. The first-order chi connectivity index (χ1) is 9.04. The van der Waals surface area contributed by atoms with Crippen molar-refractivity contribution < 1.29 is 14.5 Å².